The molecule has 1 saturated heterocycles. The molecule has 0 aromatic rings. The van der Waals surface area contributed by atoms with Gasteiger partial charge < -0.3 is 8.97 Å². The lowest BCUT2D eigenvalue weighted by atomic mass is 9.62. The molecule has 1 aliphatic carbocycles. The van der Waals surface area contributed by atoms with E-state index in [0.717, 1.165) is 10.4 Å². The predicted octanol–water partition coefficient (Wildman–Crippen LogP) is 2.99. The monoisotopic (exact) mass is 268 g/mol. The first-order valence-electron chi connectivity index (χ1n) is 8.12. The van der Waals surface area contributed by atoms with E-state index in [0.29, 0.717) is 10.8 Å². The molecule has 0 N–H and O–H groups in total. The number of likely N-dealkylation sites (tertiary alicyclic amines) is 1. The zero-order chi connectivity index (χ0) is 14.5. The van der Waals surface area contributed by atoms with E-state index in [2.05, 4.69) is 49.0 Å². The van der Waals surface area contributed by atoms with Crippen molar-refractivity contribution >= 4 is 0 Å². The van der Waals surface area contributed by atoms with E-state index < -0.39 is 0 Å². The first-order valence-corrected chi connectivity index (χ1v) is 8.12. The van der Waals surface area contributed by atoms with Crippen molar-refractivity contribution < 1.29 is 8.97 Å². The summed E-state index contributed by atoms with van der Waals surface area (Å²) in [6.45, 7) is 13.1. The summed E-state index contributed by atoms with van der Waals surface area (Å²) in [6.07, 6.45) is 4.28. The van der Waals surface area contributed by atoms with Gasteiger partial charge in [-0.1, -0.05) is 20.8 Å². The zero-order valence-electron chi connectivity index (χ0n) is 14.4. The number of hydrogen-bond donors (Lipinski definition) is 0. The Morgan fingerprint density at radius 3 is 2.32 bits per heavy atom. The van der Waals surface area contributed by atoms with Crippen LogP contribution in [0.2, 0.25) is 0 Å². The topological polar surface area (TPSA) is 0 Å². The summed E-state index contributed by atoms with van der Waals surface area (Å²) in [5, 5.41) is 0. The van der Waals surface area contributed by atoms with E-state index in [1.807, 2.05) is 0 Å². The second-order valence-corrected chi connectivity index (χ2v) is 9.57. The van der Waals surface area contributed by atoms with Gasteiger partial charge in [0.05, 0.1) is 54.4 Å². The molecule has 1 heterocycles. The maximum Gasteiger partial charge on any atom is 0.0844 e. The third-order valence-electron chi connectivity index (χ3n) is 6.54. The highest BCUT2D eigenvalue weighted by atomic mass is 15.4. The van der Waals surface area contributed by atoms with Gasteiger partial charge in [-0.05, 0) is 18.3 Å². The molecule has 0 unspecified atom stereocenters. The Balaban J connectivity index is 2.00. The summed E-state index contributed by atoms with van der Waals surface area (Å²) in [6, 6.07) is 0. The molecule has 1 saturated carbocycles. The number of rotatable bonds is 4. The van der Waals surface area contributed by atoms with Crippen molar-refractivity contribution in [3.63, 3.8) is 0 Å². The van der Waals surface area contributed by atoms with Crippen molar-refractivity contribution in [3.05, 3.63) is 0 Å². The SMILES string of the molecule is CC1(C)[C@H]2CC[C@]1(C)C[N@@+](C)(CCC[N+](C)(C)C)C2. The van der Waals surface area contributed by atoms with Gasteiger partial charge >= 0.3 is 0 Å². The molecule has 2 aliphatic rings. The molecule has 112 valence electrons. The largest absolute Gasteiger partial charge is 0.331 e. The molecular formula is C17H36N2+2. The maximum atomic E-state index is 2.56. The quantitative estimate of drug-likeness (QED) is 0.688. The van der Waals surface area contributed by atoms with Crippen LogP contribution in [0.5, 0.6) is 0 Å². The zero-order valence-corrected chi connectivity index (χ0v) is 14.4. The Morgan fingerprint density at radius 2 is 1.79 bits per heavy atom. The minimum atomic E-state index is 0.560. The third kappa shape index (κ3) is 2.85. The highest BCUT2D eigenvalue weighted by Gasteiger charge is 2.60. The summed E-state index contributed by atoms with van der Waals surface area (Å²) in [7, 11) is 9.44. The Kier molecular flexibility index (Phi) is 3.59. The van der Waals surface area contributed by atoms with Crippen LogP contribution in [-0.4, -0.2) is 63.3 Å². The molecule has 19 heavy (non-hydrogen) atoms. The van der Waals surface area contributed by atoms with Gasteiger partial charge in [0, 0.05) is 17.8 Å². The van der Waals surface area contributed by atoms with E-state index >= 15 is 0 Å². The minimum Gasteiger partial charge on any atom is -0.331 e. The molecule has 0 amide bonds. The van der Waals surface area contributed by atoms with Gasteiger partial charge in [-0.3, -0.25) is 0 Å². The van der Waals surface area contributed by atoms with Crippen molar-refractivity contribution in [2.75, 3.05) is 54.4 Å². The molecule has 2 rings (SSSR count). The Labute approximate surface area is 121 Å². The molecule has 0 aromatic heterocycles. The van der Waals surface area contributed by atoms with Gasteiger partial charge in [0.15, 0.2) is 0 Å². The summed E-state index contributed by atoms with van der Waals surface area (Å²) in [5.41, 5.74) is 1.13. The number of fused-ring (bicyclic) bond motifs is 2. The maximum absolute atomic E-state index is 2.56. The van der Waals surface area contributed by atoms with E-state index in [4.69, 9.17) is 0 Å². The summed E-state index contributed by atoms with van der Waals surface area (Å²) in [4.78, 5) is 0. The van der Waals surface area contributed by atoms with E-state index in [9.17, 15) is 0 Å². The highest BCUT2D eigenvalue weighted by Crippen LogP contribution is 2.60. The molecule has 3 atom stereocenters. The first-order chi connectivity index (χ1) is 8.48. The molecule has 2 fully saturated rings. The van der Waals surface area contributed by atoms with Crippen molar-refractivity contribution in [3.8, 4) is 0 Å². The normalized spacial score (nSPS) is 41.5. The molecule has 2 bridgehead atoms. The lowest BCUT2D eigenvalue weighted by Gasteiger charge is -2.54. The van der Waals surface area contributed by atoms with Crippen LogP contribution in [-0.2, 0) is 0 Å². The van der Waals surface area contributed by atoms with Crippen molar-refractivity contribution in [1.82, 2.24) is 0 Å². The number of piperidine rings is 1. The first kappa shape index (κ1) is 15.3. The fourth-order valence-electron chi connectivity index (χ4n) is 4.81. The van der Waals surface area contributed by atoms with Gasteiger partial charge in [-0.2, -0.15) is 0 Å². The van der Waals surface area contributed by atoms with Gasteiger partial charge in [0.1, 0.15) is 0 Å². The van der Waals surface area contributed by atoms with Crippen molar-refractivity contribution in [2.45, 2.75) is 40.0 Å². The average Bonchev–Trinajstić information content (AvgIpc) is 2.36. The van der Waals surface area contributed by atoms with Crippen molar-refractivity contribution in [1.29, 1.82) is 0 Å². The molecule has 0 spiro atoms. The van der Waals surface area contributed by atoms with Gasteiger partial charge in [0.2, 0.25) is 0 Å². The second-order valence-electron chi connectivity index (χ2n) is 9.57. The standard InChI is InChI=1S/C17H36N2/c1-16(2)15-9-10-17(16,3)14-19(7,13-15)12-8-11-18(4,5)6/h15H,8-14H2,1-7H3/q+2/t15-,17+,19-/m0/s1. The molecule has 2 heteroatoms. The lowest BCUT2D eigenvalue weighted by Crippen LogP contribution is -2.61. The fourth-order valence-corrected chi connectivity index (χ4v) is 4.81. The summed E-state index contributed by atoms with van der Waals surface area (Å²) >= 11 is 0. The van der Waals surface area contributed by atoms with Crippen LogP contribution in [0, 0.1) is 16.7 Å². The Morgan fingerprint density at radius 1 is 1.16 bits per heavy atom. The molecule has 0 radical (unpaired) electrons. The van der Waals surface area contributed by atoms with Crippen LogP contribution in [0.1, 0.15) is 40.0 Å². The molecule has 2 nitrogen and oxygen atoms in total. The fraction of sp³-hybridized carbons (Fsp3) is 1.00. The van der Waals surface area contributed by atoms with Crippen LogP contribution in [0.15, 0.2) is 0 Å². The van der Waals surface area contributed by atoms with Gasteiger partial charge in [-0.25, -0.2) is 0 Å². The highest BCUT2D eigenvalue weighted by molar-refractivity contribution is 5.02. The Hall–Kier alpha value is -0.0800. The summed E-state index contributed by atoms with van der Waals surface area (Å²) < 4.78 is 2.43. The van der Waals surface area contributed by atoms with Gasteiger partial charge in [-0.15, -0.1) is 0 Å². The average molecular weight is 268 g/mol. The van der Waals surface area contributed by atoms with Crippen LogP contribution in [0.25, 0.3) is 0 Å². The summed E-state index contributed by atoms with van der Waals surface area (Å²) in [5.74, 6) is 0.945. The molecular weight excluding hydrogens is 232 g/mol. The lowest BCUT2D eigenvalue weighted by molar-refractivity contribution is -0.931. The minimum absolute atomic E-state index is 0.560. The van der Waals surface area contributed by atoms with Crippen LogP contribution < -0.4 is 0 Å². The third-order valence-corrected chi connectivity index (χ3v) is 6.54. The van der Waals surface area contributed by atoms with E-state index in [1.165, 1.54) is 49.9 Å². The predicted molar refractivity (Wildman–Crippen MR) is 82.9 cm³/mol. The molecule has 1 aliphatic heterocycles. The number of quaternary nitrogens is 2. The smallest absolute Gasteiger partial charge is 0.0844 e. The second kappa shape index (κ2) is 4.46. The van der Waals surface area contributed by atoms with Crippen LogP contribution in [0.4, 0.5) is 0 Å². The van der Waals surface area contributed by atoms with Crippen LogP contribution >= 0.6 is 0 Å². The van der Waals surface area contributed by atoms with Gasteiger partial charge in [0.25, 0.3) is 0 Å². The number of hydrogen-bond acceptors (Lipinski definition) is 0. The Bertz CT molecular complexity index is 342. The van der Waals surface area contributed by atoms with Crippen molar-refractivity contribution in [2.24, 2.45) is 16.7 Å². The van der Waals surface area contributed by atoms with E-state index in [1.54, 1.807) is 0 Å². The number of nitrogens with zero attached hydrogens (tertiary/aromatic N) is 2. The van der Waals surface area contributed by atoms with Crippen LogP contribution in [0.3, 0.4) is 0 Å². The van der Waals surface area contributed by atoms with E-state index in [-0.39, 0.29) is 0 Å². The molecule has 0 aromatic carbocycles.